The monoisotopic (exact) mass is 147 g/mol. The molecule has 2 nitrogen and oxygen atoms in total. The molecule has 0 amide bonds. The van der Waals surface area contributed by atoms with E-state index in [2.05, 4.69) is 17.5 Å². The van der Waals surface area contributed by atoms with Crippen molar-refractivity contribution in [2.24, 2.45) is 0 Å². The SMILES string of the molecule is O[C@H]1CC[C@@H](NS)CC1. The van der Waals surface area contributed by atoms with Gasteiger partial charge in [-0.1, -0.05) is 12.8 Å². The van der Waals surface area contributed by atoms with Crippen LogP contribution in [0.25, 0.3) is 0 Å². The number of hydrogen-bond donors (Lipinski definition) is 3. The molecule has 3 heteroatoms. The van der Waals surface area contributed by atoms with Gasteiger partial charge in [0.05, 0.1) is 6.10 Å². The fourth-order valence-corrected chi connectivity index (χ4v) is 1.46. The van der Waals surface area contributed by atoms with Crippen LogP contribution in [-0.2, 0) is 0 Å². The summed E-state index contributed by atoms with van der Waals surface area (Å²) in [6.07, 6.45) is 3.93. The van der Waals surface area contributed by atoms with Gasteiger partial charge in [0.25, 0.3) is 0 Å². The number of aliphatic hydroxyl groups is 1. The Balaban J connectivity index is 2.18. The van der Waals surface area contributed by atoms with E-state index in [1.165, 1.54) is 0 Å². The normalized spacial score (nSPS) is 36.7. The summed E-state index contributed by atoms with van der Waals surface area (Å²) in [5.74, 6) is 0. The van der Waals surface area contributed by atoms with E-state index in [1.54, 1.807) is 0 Å². The first-order chi connectivity index (χ1) is 4.33. The molecular formula is C6H13NOS. The first kappa shape index (κ1) is 7.38. The highest BCUT2D eigenvalue weighted by atomic mass is 32.1. The second-order valence-corrected chi connectivity index (χ2v) is 2.89. The van der Waals surface area contributed by atoms with Gasteiger partial charge in [0, 0.05) is 6.04 Å². The van der Waals surface area contributed by atoms with Gasteiger partial charge in [-0.15, -0.1) is 0 Å². The van der Waals surface area contributed by atoms with Crippen LogP contribution in [0.4, 0.5) is 0 Å². The Morgan fingerprint density at radius 2 is 1.78 bits per heavy atom. The molecule has 0 saturated heterocycles. The molecule has 0 aliphatic heterocycles. The highest BCUT2D eigenvalue weighted by molar-refractivity contribution is 7.78. The molecule has 0 aromatic rings. The van der Waals surface area contributed by atoms with Crippen LogP contribution in [0.3, 0.4) is 0 Å². The van der Waals surface area contributed by atoms with E-state index >= 15 is 0 Å². The molecule has 9 heavy (non-hydrogen) atoms. The van der Waals surface area contributed by atoms with Crippen molar-refractivity contribution in [3.8, 4) is 0 Å². The summed E-state index contributed by atoms with van der Waals surface area (Å²) >= 11 is 3.96. The van der Waals surface area contributed by atoms with Gasteiger partial charge in [-0.25, -0.2) is 0 Å². The molecule has 0 bridgehead atoms. The third kappa shape index (κ3) is 2.16. The quantitative estimate of drug-likeness (QED) is 0.478. The maximum atomic E-state index is 9.07. The van der Waals surface area contributed by atoms with Gasteiger partial charge in [-0.2, -0.15) is 0 Å². The highest BCUT2D eigenvalue weighted by Crippen LogP contribution is 2.18. The Bertz CT molecular complexity index is 81.1. The minimum Gasteiger partial charge on any atom is -0.393 e. The molecule has 0 atom stereocenters. The standard InChI is InChI=1S/C6H13NOS/c8-6-3-1-5(7-9)2-4-6/h5-9H,1-4H2/t5-,6+. The van der Waals surface area contributed by atoms with Crippen molar-refractivity contribution < 1.29 is 5.11 Å². The van der Waals surface area contributed by atoms with Crippen molar-refractivity contribution in [1.29, 1.82) is 0 Å². The lowest BCUT2D eigenvalue weighted by molar-refractivity contribution is 0.121. The van der Waals surface area contributed by atoms with E-state index in [9.17, 15) is 0 Å². The summed E-state index contributed by atoms with van der Waals surface area (Å²) in [4.78, 5) is 0. The summed E-state index contributed by atoms with van der Waals surface area (Å²) < 4.78 is 2.91. The van der Waals surface area contributed by atoms with Gasteiger partial charge in [0.1, 0.15) is 0 Å². The van der Waals surface area contributed by atoms with E-state index in [-0.39, 0.29) is 6.10 Å². The predicted octanol–water partition coefficient (Wildman–Crippen LogP) is 0.724. The lowest BCUT2D eigenvalue weighted by Gasteiger charge is -2.23. The van der Waals surface area contributed by atoms with Crippen LogP contribution in [0.2, 0.25) is 0 Å². The van der Waals surface area contributed by atoms with Crippen molar-refractivity contribution in [2.75, 3.05) is 0 Å². The molecule has 0 spiro atoms. The molecule has 54 valence electrons. The van der Waals surface area contributed by atoms with E-state index in [4.69, 9.17) is 5.11 Å². The summed E-state index contributed by atoms with van der Waals surface area (Å²) in [7, 11) is 0. The van der Waals surface area contributed by atoms with Crippen LogP contribution in [0, 0.1) is 0 Å². The molecule has 1 saturated carbocycles. The fraction of sp³-hybridized carbons (Fsp3) is 1.00. The molecule has 0 aromatic heterocycles. The second-order valence-electron chi connectivity index (χ2n) is 2.63. The lowest BCUT2D eigenvalue weighted by Crippen LogP contribution is -2.29. The topological polar surface area (TPSA) is 32.3 Å². The van der Waals surface area contributed by atoms with Gasteiger partial charge in [-0.3, -0.25) is 4.72 Å². The van der Waals surface area contributed by atoms with E-state index in [1.807, 2.05) is 0 Å². The Kier molecular flexibility index (Phi) is 2.82. The maximum absolute atomic E-state index is 9.07. The fourth-order valence-electron chi connectivity index (χ4n) is 1.20. The van der Waals surface area contributed by atoms with Crippen molar-refractivity contribution in [3.05, 3.63) is 0 Å². The molecule has 1 aliphatic carbocycles. The summed E-state index contributed by atoms with van der Waals surface area (Å²) in [5, 5.41) is 9.07. The third-order valence-corrected chi connectivity index (χ3v) is 2.24. The van der Waals surface area contributed by atoms with Crippen LogP contribution in [0.15, 0.2) is 0 Å². The number of thiol groups is 1. The van der Waals surface area contributed by atoms with Crippen molar-refractivity contribution >= 4 is 12.8 Å². The van der Waals surface area contributed by atoms with Gasteiger partial charge >= 0.3 is 0 Å². The molecular weight excluding hydrogens is 134 g/mol. The predicted molar refractivity (Wildman–Crippen MR) is 40.4 cm³/mol. The van der Waals surface area contributed by atoms with Crippen LogP contribution in [-0.4, -0.2) is 17.3 Å². The number of nitrogens with one attached hydrogen (secondary N) is 1. The minimum absolute atomic E-state index is 0.0528. The highest BCUT2D eigenvalue weighted by Gasteiger charge is 2.17. The average molecular weight is 147 g/mol. The molecule has 1 fully saturated rings. The number of hydrogen-bond acceptors (Lipinski definition) is 3. The molecule has 0 heterocycles. The van der Waals surface area contributed by atoms with Crippen molar-refractivity contribution in [3.63, 3.8) is 0 Å². The zero-order valence-corrected chi connectivity index (χ0v) is 6.27. The number of rotatable bonds is 1. The van der Waals surface area contributed by atoms with Gasteiger partial charge in [0.15, 0.2) is 0 Å². The third-order valence-electron chi connectivity index (χ3n) is 1.88. The Morgan fingerprint density at radius 3 is 2.22 bits per heavy atom. The Hall–Kier alpha value is 0.270. The molecule has 1 aliphatic rings. The van der Waals surface area contributed by atoms with Crippen LogP contribution >= 0.6 is 12.8 Å². The van der Waals surface area contributed by atoms with Crippen LogP contribution < -0.4 is 4.72 Å². The molecule has 0 radical (unpaired) electrons. The van der Waals surface area contributed by atoms with Gasteiger partial charge in [-0.05, 0) is 25.7 Å². The van der Waals surface area contributed by atoms with Gasteiger partial charge < -0.3 is 5.11 Å². The smallest absolute Gasteiger partial charge is 0.0541 e. The molecule has 1 rings (SSSR count). The Labute approximate surface area is 61.2 Å². The van der Waals surface area contributed by atoms with Crippen molar-refractivity contribution in [2.45, 2.75) is 37.8 Å². The van der Waals surface area contributed by atoms with Crippen LogP contribution in [0.1, 0.15) is 25.7 Å². The molecule has 0 unspecified atom stereocenters. The summed E-state index contributed by atoms with van der Waals surface area (Å²) in [5.41, 5.74) is 0. The number of aliphatic hydroxyl groups excluding tert-OH is 1. The molecule has 2 N–H and O–H groups in total. The zero-order valence-electron chi connectivity index (χ0n) is 5.38. The second kappa shape index (κ2) is 3.44. The van der Waals surface area contributed by atoms with Crippen molar-refractivity contribution in [1.82, 2.24) is 4.72 Å². The summed E-state index contributed by atoms with van der Waals surface area (Å²) in [6, 6.07) is 0.525. The maximum Gasteiger partial charge on any atom is 0.0541 e. The largest absolute Gasteiger partial charge is 0.393 e. The average Bonchev–Trinajstić information content (AvgIpc) is 1.90. The van der Waals surface area contributed by atoms with E-state index in [0.29, 0.717) is 6.04 Å². The summed E-state index contributed by atoms with van der Waals surface area (Å²) in [6.45, 7) is 0. The molecule has 0 aromatic carbocycles. The Morgan fingerprint density at radius 1 is 1.22 bits per heavy atom. The van der Waals surface area contributed by atoms with Gasteiger partial charge in [0.2, 0.25) is 0 Å². The zero-order chi connectivity index (χ0) is 6.69. The minimum atomic E-state index is -0.0528. The van der Waals surface area contributed by atoms with E-state index < -0.39 is 0 Å². The van der Waals surface area contributed by atoms with E-state index in [0.717, 1.165) is 25.7 Å². The van der Waals surface area contributed by atoms with Crippen LogP contribution in [0.5, 0.6) is 0 Å². The lowest BCUT2D eigenvalue weighted by atomic mass is 9.94. The first-order valence-corrected chi connectivity index (χ1v) is 3.85. The first-order valence-electron chi connectivity index (χ1n) is 3.40.